The zero-order valence-electron chi connectivity index (χ0n) is 16.2. The van der Waals surface area contributed by atoms with E-state index in [0.29, 0.717) is 5.56 Å². The van der Waals surface area contributed by atoms with Gasteiger partial charge in [0.05, 0.1) is 5.16 Å². The highest BCUT2D eigenvalue weighted by atomic mass is 32.1. The van der Waals surface area contributed by atoms with E-state index in [2.05, 4.69) is 42.3 Å². The number of nitrogens with zero attached hydrogens (tertiary/aromatic N) is 1. The van der Waals surface area contributed by atoms with Crippen LogP contribution in [0.15, 0.2) is 59.6 Å². The zero-order chi connectivity index (χ0) is 20.4. The fourth-order valence-electron chi connectivity index (χ4n) is 4.24. The number of rotatable bonds is 5. The van der Waals surface area contributed by atoms with E-state index in [9.17, 15) is 8.78 Å². The molecule has 1 aliphatic carbocycles. The predicted molar refractivity (Wildman–Crippen MR) is 118 cm³/mol. The minimum atomic E-state index is -0.748. The summed E-state index contributed by atoms with van der Waals surface area (Å²) >= 11 is 4.44. The SMILES string of the molecule is CCCC1Cc2ccc(-c3ccc(-c4cc(F)c(N=C=S)c(F)c4)cc3)cc2C1. The maximum atomic E-state index is 14.1. The van der Waals surface area contributed by atoms with E-state index < -0.39 is 17.3 Å². The number of aliphatic imine (C=N–C) groups is 1. The van der Waals surface area contributed by atoms with Crippen LogP contribution in [0.1, 0.15) is 30.9 Å². The minimum absolute atomic E-state index is 0.403. The van der Waals surface area contributed by atoms with Gasteiger partial charge in [-0.2, -0.15) is 4.99 Å². The Morgan fingerprint density at radius 2 is 1.45 bits per heavy atom. The van der Waals surface area contributed by atoms with Gasteiger partial charge in [-0.1, -0.05) is 62.2 Å². The highest BCUT2D eigenvalue weighted by Crippen LogP contribution is 2.34. The second-order valence-electron chi connectivity index (χ2n) is 7.62. The molecule has 3 aromatic rings. The largest absolute Gasteiger partial charge is 0.204 e. The van der Waals surface area contributed by atoms with Crippen molar-refractivity contribution in [3.8, 4) is 22.3 Å². The molecule has 1 nitrogen and oxygen atoms in total. The van der Waals surface area contributed by atoms with Gasteiger partial charge in [0.25, 0.3) is 0 Å². The Balaban J connectivity index is 1.60. The van der Waals surface area contributed by atoms with Crippen LogP contribution in [0.5, 0.6) is 0 Å². The lowest BCUT2D eigenvalue weighted by molar-refractivity contribution is 0.507. The van der Waals surface area contributed by atoms with Crippen LogP contribution < -0.4 is 0 Å². The molecule has 0 spiro atoms. The molecular weight excluding hydrogens is 384 g/mol. The van der Waals surface area contributed by atoms with Crippen molar-refractivity contribution in [1.29, 1.82) is 0 Å². The molecule has 29 heavy (non-hydrogen) atoms. The van der Waals surface area contributed by atoms with Crippen molar-refractivity contribution in [2.45, 2.75) is 32.6 Å². The molecule has 0 N–H and O–H groups in total. The van der Waals surface area contributed by atoms with Crippen LogP contribution >= 0.6 is 12.2 Å². The van der Waals surface area contributed by atoms with Gasteiger partial charge in [-0.15, -0.1) is 0 Å². The lowest BCUT2D eigenvalue weighted by Gasteiger charge is -2.08. The van der Waals surface area contributed by atoms with Crippen LogP contribution in [0.2, 0.25) is 0 Å². The van der Waals surface area contributed by atoms with Gasteiger partial charge in [-0.3, -0.25) is 0 Å². The summed E-state index contributed by atoms with van der Waals surface area (Å²) in [4.78, 5) is 3.45. The maximum Gasteiger partial charge on any atom is 0.153 e. The second-order valence-corrected chi connectivity index (χ2v) is 7.80. The standard InChI is InChI=1S/C25H21F2NS/c1-2-3-16-10-19-8-9-20(12-21(19)11-16)17-4-6-18(7-5-17)22-13-23(26)25(28-15-29)24(27)14-22/h4-9,12-14,16H,2-3,10-11H2,1H3. The third kappa shape index (κ3) is 4.05. The van der Waals surface area contributed by atoms with E-state index in [1.165, 1.54) is 48.1 Å². The van der Waals surface area contributed by atoms with E-state index in [1.54, 1.807) is 0 Å². The summed E-state index contributed by atoms with van der Waals surface area (Å²) in [5.41, 5.74) is 5.99. The van der Waals surface area contributed by atoms with E-state index in [4.69, 9.17) is 0 Å². The Bertz CT molecular complexity index is 1080. The number of isothiocyanates is 1. The molecule has 0 bridgehead atoms. The molecule has 0 amide bonds. The third-order valence-corrected chi connectivity index (χ3v) is 5.74. The Morgan fingerprint density at radius 1 is 0.862 bits per heavy atom. The molecule has 0 saturated carbocycles. The van der Waals surface area contributed by atoms with E-state index in [0.717, 1.165) is 23.5 Å². The zero-order valence-corrected chi connectivity index (χ0v) is 17.0. The van der Waals surface area contributed by atoms with Gasteiger partial charge in [0.15, 0.2) is 11.6 Å². The van der Waals surface area contributed by atoms with Crippen LogP contribution in [-0.4, -0.2) is 5.16 Å². The van der Waals surface area contributed by atoms with Gasteiger partial charge in [0.1, 0.15) is 5.69 Å². The molecule has 0 aliphatic heterocycles. The molecule has 0 aromatic heterocycles. The van der Waals surface area contributed by atoms with Gasteiger partial charge in [-0.25, -0.2) is 8.78 Å². The number of hydrogen-bond acceptors (Lipinski definition) is 2. The molecule has 0 heterocycles. The molecule has 3 aromatic carbocycles. The van der Waals surface area contributed by atoms with Crippen LogP contribution in [0.4, 0.5) is 14.5 Å². The average Bonchev–Trinajstić information content (AvgIpc) is 3.12. The van der Waals surface area contributed by atoms with E-state index >= 15 is 0 Å². The first-order chi connectivity index (χ1) is 14.1. The molecule has 0 radical (unpaired) electrons. The monoisotopic (exact) mass is 405 g/mol. The van der Waals surface area contributed by atoms with Gasteiger partial charge in [0.2, 0.25) is 0 Å². The normalized spacial score (nSPS) is 15.1. The Morgan fingerprint density at radius 3 is 2.07 bits per heavy atom. The molecule has 1 aliphatic rings. The first kappa shape index (κ1) is 19.6. The Kier molecular flexibility index (Phi) is 5.66. The third-order valence-electron chi connectivity index (χ3n) is 5.65. The van der Waals surface area contributed by atoms with Crippen molar-refractivity contribution < 1.29 is 8.78 Å². The van der Waals surface area contributed by atoms with Gasteiger partial charge >= 0.3 is 0 Å². The molecular formula is C25H21F2NS. The molecule has 1 unspecified atom stereocenters. The number of hydrogen-bond donors (Lipinski definition) is 0. The summed E-state index contributed by atoms with van der Waals surface area (Å²) in [6, 6.07) is 17.0. The van der Waals surface area contributed by atoms with Crippen molar-refractivity contribution in [2.24, 2.45) is 10.9 Å². The molecule has 0 saturated heterocycles. The smallest absolute Gasteiger partial charge is 0.153 e. The fourth-order valence-corrected chi connectivity index (χ4v) is 4.33. The van der Waals surface area contributed by atoms with Crippen LogP contribution in [0.3, 0.4) is 0 Å². The Hall–Kier alpha value is -2.68. The summed E-state index contributed by atoms with van der Waals surface area (Å²) in [7, 11) is 0. The number of halogens is 2. The van der Waals surface area contributed by atoms with Crippen molar-refractivity contribution in [2.75, 3.05) is 0 Å². The van der Waals surface area contributed by atoms with Crippen LogP contribution in [0, 0.1) is 17.6 Å². The summed E-state index contributed by atoms with van der Waals surface area (Å²) in [5, 5.41) is 2.01. The van der Waals surface area contributed by atoms with Crippen molar-refractivity contribution in [3.63, 3.8) is 0 Å². The van der Waals surface area contributed by atoms with Gasteiger partial charge < -0.3 is 0 Å². The molecule has 4 rings (SSSR count). The number of benzene rings is 3. The molecule has 4 heteroatoms. The second kappa shape index (κ2) is 8.36. The maximum absolute atomic E-state index is 14.1. The highest BCUT2D eigenvalue weighted by molar-refractivity contribution is 7.78. The van der Waals surface area contributed by atoms with E-state index in [1.807, 2.05) is 29.4 Å². The van der Waals surface area contributed by atoms with Gasteiger partial charge in [-0.05, 0) is 76.5 Å². The quantitative estimate of drug-likeness (QED) is 0.315. The first-order valence-electron chi connectivity index (χ1n) is 9.88. The van der Waals surface area contributed by atoms with Crippen LogP contribution in [0.25, 0.3) is 22.3 Å². The fraction of sp³-hybridized carbons (Fsp3) is 0.240. The average molecular weight is 406 g/mol. The van der Waals surface area contributed by atoms with Crippen molar-refractivity contribution in [1.82, 2.24) is 0 Å². The number of thiocarbonyl (C=S) groups is 1. The first-order valence-corrected chi connectivity index (χ1v) is 10.3. The molecule has 146 valence electrons. The summed E-state index contributed by atoms with van der Waals surface area (Å²) in [6.45, 7) is 2.24. The minimum Gasteiger partial charge on any atom is -0.204 e. The van der Waals surface area contributed by atoms with Gasteiger partial charge in [0, 0.05) is 0 Å². The predicted octanol–water partition coefficient (Wildman–Crippen LogP) is 7.55. The number of fused-ring (bicyclic) bond motifs is 1. The lowest BCUT2D eigenvalue weighted by atomic mass is 9.97. The van der Waals surface area contributed by atoms with Crippen molar-refractivity contribution >= 4 is 23.1 Å². The van der Waals surface area contributed by atoms with Crippen molar-refractivity contribution in [3.05, 3.63) is 77.4 Å². The summed E-state index contributed by atoms with van der Waals surface area (Å²) in [6.07, 6.45) is 4.85. The Labute approximate surface area is 175 Å². The summed E-state index contributed by atoms with van der Waals surface area (Å²) < 4.78 is 28.2. The summed E-state index contributed by atoms with van der Waals surface area (Å²) in [5.74, 6) is -0.730. The van der Waals surface area contributed by atoms with Crippen LogP contribution in [-0.2, 0) is 12.8 Å². The highest BCUT2D eigenvalue weighted by Gasteiger charge is 2.21. The molecule has 1 atom stereocenters. The lowest BCUT2D eigenvalue weighted by Crippen LogP contribution is -1.97. The molecule has 0 fully saturated rings. The van der Waals surface area contributed by atoms with E-state index in [-0.39, 0.29) is 0 Å². The topological polar surface area (TPSA) is 12.4 Å².